The van der Waals surface area contributed by atoms with Crippen molar-refractivity contribution < 1.29 is 14.3 Å². The second kappa shape index (κ2) is 3.62. The first-order chi connectivity index (χ1) is 7.86. The number of ketones is 1. The van der Waals surface area contributed by atoms with Gasteiger partial charge in [-0.15, -0.1) is 0 Å². The van der Waals surface area contributed by atoms with Crippen LogP contribution >= 0.6 is 0 Å². The smallest absolute Gasteiger partial charge is 0.163 e. The zero-order chi connectivity index (χ0) is 12.9. The molecule has 0 aliphatic carbocycles. The average Bonchev–Trinajstić information content (AvgIpc) is 2.61. The van der Waals surface area contributed by atoms with E-state index >= 15 is 0 Å². The molecule has 0 bridgehead atoms. The quantitative estimate of drug-likeness (QED) is 0.764. The summed E-state index contributed by atoms with van der Waals surface area (Å²) in [6.07, 6.45) is 0. The van der Waals surface area contributed by atoms with E-state index in [1.54, 1.807) is 6.92 Å². The van der Waals surface area contributed by atoms with Gasteiger partial charge in [-0.2, -0.15) is 0 Å². The van der Waals surface area contributed by atoms with Crippen molar-refractivity contribution in [3.05, 3.63) is 28.0 Å². The van der Waals surface area contributed by atoms with Crippen LogP contribution < -0.4 is 0 Å². The number of phenolic OH excluding ortho intramolecular Hbond substituents is 1. The van der Waals surface area contributed by atoms with Gasteiger partial charge >= 0.3 is 0 Å². The third-order valence-electron chi connectivity index (χ3n) is 3.42. The van der Waals surface area contributed by atoms with E-state index in [9.17, 15) is 9.90 Å². The molecule has 1 aromatic carbocycles. The van der Waals surface area contributed by atoms with E-state index < -0.39 is 0 Å². The molecule has 0 amide bonds. The molecule has 0 atom stereocenters. The van der Waals surface area contributed by atoms with E-state index in [0.29, 0.717) is 22.5 Å². The van der Waals surface area contributed by atoms with Crippen molar-refractivity contribution in [3.63, 3.8) is 0 Å². The van der Waals surface area contributed by atoms with Crippen LogP contribution in [0.5, 0.6) is 5.75 Å². The van der Waals surface area contributed by atoms with E-state index in [0.717, 1.165) is 16.5 Å². The third-order valence-corrected chi connectivity index (χ3v) is 3.42. The predicted octanol–water partition coefficient (Wildman–Crippen LogP) is 3.57. The summed E-state index contributed by atoms with van der Waals surface area (Å²) in [6, 6.07) is 0. The molecule has 90 valence electrons. The normalized spacial score (nSPS) is 11.1. The highest BCUT2D eigenvalue weighted by Crippen LogP contribution is 2.38. The fourth-order valence-corrected chi connectivity index (χ4v) is 2.34. The number of rotatable bonds is 1. The van der Waals surface area contributed by atoms with Crippen LogP contribution in [0, 0.1) is 27.7 Å². The molecule has 0 aliphatic rings. The summed E-state index contributed by atoms with van der Waals surface area (Å²) in [5, 5.41) is 10.8. The van der Waals surface area contributed by atoms with Crippen molar-refractivity contribution in [1.29, 1.82) is 0 Å². The van der Waals surface area contributed by atoms with Gasteiger partial charge in [-0.3, -0.25) is 4.79 Å². The van der Waals surface area contributed by atoms with E-state index in [-0.39, 0.29) is 11.5 Å². The van der Waals surface area contributed by atoms with Crippen LogP contribution in [0.3, 0.4) is 0 Å². The Bertz CT molecular complexity index is 633. The molecule has 3 nitrogen and oxygen atoms in total. The second-order valence-corrected chi connectivity index (χ2v) is 4.52. The molecule has 1 aromatic heterocycles. The zero-order valence-corrected chi connectivity index (χ0v) is 10.8. The molecule has 0 unspecified atom stereocenters. The van der Waals surface area contributed by atoms with Crippen LogP contribution in [-0.2, 0) is 0 Å². The molecule has 0 radical (unpaired) electrons. The summed E-state index contributed by atoms with van der Waals surface area (Å²) in [6.45, 7) is 8.85. The van der Waals surface area contributed by atoms with Crippen LogP contribution in [0.25, 0.3) is 11.0 Å². The van der Waals surface area contributed by atoms with Gasteiger partial charge in [0.05, 0.1) is 5.56 Å². The molecule has 1 heterocycles. The molecule has 17 heavy (non-hydrogen) atoms. The van der Waals surface area contributed by atoms with Gasteiger partial charge in [0.2, 0.25) is 0 Å². The number of Topliss-reactive ketones (excluding diaryl/α,β-unsaturated/α-hetero) is 1. The van der Waals surface area contributed by atoms with E-state index in [2.05, 4.69) is 0 Å². The first kappa shape index (κ1) is 11.7. The van der Waals surface area contributed by atoms with Gasteiger partial charge in [-0.1, -0.05) is 0 Å². The first-order valence-electron chi connectivity index (χ1n) is 5.59. The number of benzene rings is 1. The molecule has 3 heteroatoms. The number of carbonyl (C=O) groups excluding carboxylic acids is 1. The molecule has 2 aromatic rings. The zero-order valence-electron chi connectivity index (χ0n) is 10.8. The maximum absolute atomic E-state index is 11.7. The Hall–Kier alpha value is -1.77. The summed E-state index contributed by atoms with van der Waals surface area (Å²) in [4.78, 5) is 11.7. The van der Waals surface area contributed by atoms with Gasteiger partial charge in [-0.25, -0.2) is 0 Å². The molecular formula is C14H16O3. The molecule has 0 spiro atoms. The molecule has 2 rings (SSSR count). The Labute approximate surface area is 100 Å². The standard InChI is InChI=1S/C14H16O3/c1-6-7(2)14-11(8(3)13(6)16)12(9(4)15)10(5)17-14/h16H,1-5H3. The number of hydrogen-bond donors (Lipinski definition) is 1. The fourth-order valence-electron chi connectivity index (χ4n) is 2.34. The van der Waals surface area contributed by atoms with E-state index in [1.807, 2.05) is 20.8 Å². The summed E-state index contributed by atoms with van der Waals surface area (Å²) in [7, 11) is 0. The Morgan fingerprint density at radius 1 is 1.06 bits per heavy atom. The number of aryl methyl sites for hydroxylation is 3. The summed E-state index contributed by atoms with van der Waals surface area (Å²) in [5.41, 5.74) is 3.69. The lowest BCUT2D eigenvalue weighted by molar-refractivity contribution is 0.101. The Kier molecular flexibility index (Phi) is 2.49. The Balaban J connectivity index is 3.07. The minimum Gasteiger partial charge on any atom is -0.507 e. The number of furan rings is 1. The van der Waals surface area contributed by atoms with Crippen LogP contribution in [0.4, 0.5) is 0 Å². The van der Waals surface area contributed by atoms with Gasteiger partial charge < -0.3 is 9.52 Å². The maximum atomic E-state index is 11.7. The fraction of sp³-hybridized carbons (Fsp3) is 0.357. The number of carbonyl (C=O) groups is 1. The van der Waals surface area contributed by atoms with Gasteiger partial charge in [0.25, 0.3) is 0 Å². The molecule has 1 N–H and O–H groups in total. The first-order valence-corrected chi connectivity index (χ1v) is 5.59. The minimum atomic E-state index is -0.0352. The topological polar surface area (TPSA) is 50.4 Å². The summed E-state index contributed by atoms with van der Waals surface area (Å²) < 4.78 is 5.68. The highest BCUT2D eigenvalue weighted by Gasteiger charge is 2.21. The van der Waals surface area contributed by atoms with Crippen LogP contribution in [-0.4, -0.2) is 10.9 Å². The van der Waals surface area contributed by atoms with Crippen molar-refractivity contribution in [1.82, 2.24) is 0 Å². The third kappa shape index (κ3) is 1.46. The summed E-state index contributed by atoms with van der Waals surface area (Å²) >= 11 is 0. The average molecular weight is 232 g/mol. The van der Waals surface area contributed by atoms with Crippen LogP contribution in [0.2, 0.25) is 0 Å². The van der Waals surface area contributed by atoms with Crippen LogP contribution in [0.15, 0.2) is 4.42 Å². The second-order valence-electron chi connectivity index (χ2n) is 4.52. The highest BCUT2D eigenvalue weighted by molar-refractivity contribution is 6.09. The Morgan fingerprint density at radius 2 is 1.65 bits per heavy atom. The van der Waals surface area contributed by atoms with Crippen LogP contribution in [0.1, 0.15) is 39.7 Å². The van der Waals surface area contributed by atoms with Gasteiger partial charge in [0, 0.05) is 10.9 Å². The molecule has 0 fully saturated rings. The minimum absolute atomic E-state index is 0.0352. The van der Waals surface area contributed by atoms with E-state index in [4.69, 9.17) is 4.42 Å². The lowest BCUT2D eigenvalue weighted by atomic mass is 9.96. The molecule has 0 aliphatic heterocycles. The number of hydrogen-bond acceptors (Lipinski definition) is 3. The van der Waals surface area contributed by atoms with Crippen molar-refractivity contribution in [2.24, 2.45) is 0 Å². The van der Waals surface area contributed by atoms with Gasteiger partial charge in [0.15, 0.2) is 5.78 Å². The molecule has 0 saturated carbocycles. The van der Waals surface area contributed by atoms with Crippen molar-refractivity contribution in [2.45, 2.75) is 34.6 Å². The highest BCUT2D eigenvalue weighted by atomic mass is 16.3. The van der Waals surface area contributed by atoms with E-state index in [1.165, 1.54) is 6.92 Å². The molecular weight excluding hydrogens is 216 g/mol. The lowest BCUT2D eigenvalue weighted by Crippen LogP contribution is -1.95. The maximum Gasteiger partial charge on any atom is 0.163 e. The Morgan fingerprint density at radius 3 is 2.18 bits per heavy atom. The largest absolute Gasteiger partial charge is 0.507 e. The van der Waals surface area contributed by atoms with Crippen molar-refractivity contribution >= 4 is 16.8 Å². The van der Waals surface area contributed by atoms with Gasteiger partial charge in [-0.05, 0) is 45.7 Å². The monoisotopic (exact) mass is 232 g/mol. The SMILES string of the molecule is CC(=O)c1c(C)oc2c(C)c(C)c(O)c(C)c12. The summed E-state index contributed by atoms with van der Waals surface area (Å²) in [5.74, 6) is 0.828. The van der Waals surface area contributed by atoms with Crippen molar-refractivity contribution in [2.75, 3.05) is 0 Å². The van der Waals surface area contributed by atoms with Gasteiger partial charge in [0.1, 0.15) is 17.1 Å². The molecule has 0 saturated heterocycles. The predicted molar refractivity (Wildman–Crippen MR) is 66.8 cm³/mol. The van der Waals surface area contributed by atoms with Crippen molar-refractivity contribution in [3.8, 4) is 5.75 Å². The number of phenols is 1. The number of aromatic hydroxyl groups is 1. The lowest BCUT2D eigenvalue weighted by Gasteiger charge is -2.08. The number of fused-ring (bicyclic) bond motifs is 1.